The summed E-state index contributed by atoms with van der Waals surface area (Å²) in [6.07, 6.45) is 21.4. The molecule has 0 radical (unpaired) electrons. The number of nitrogens with zero attached hydrogens (tertiary/aromatic N) is 11. The monoisotopic (exact) mass is 1390 g/mol. The number of aromatic nitrogens is 6. The van der Waals surface area contributed by atoms with Gasteiger partial charge in [0.15, 0.2) is 46.0 Å². The maximum atomic E-state index is 8.75. The second-order valence-corrected chi connectivity index (χ2v) is 20.1. The Labute approximate surface area is 539 Å². The molecule has 8 N–H and O–H groups in total. The fourth-order valence-corrected chi connectivity index (χ4v) is 7.49. The molecule has 0 spiro atoms. The fraction of sp³-hybridized carbons (Fsp3) is 0.317. The Hall–Kier alpha value is -9.45. The molecule has 460 valence electrons. The number of alkyl halides is 3. The van der Waals surface area contributed by atoms with Crippen molar-refractivity contribution in [1.29, 1.82) is 21.3 Å². The molecule has 3 aromatic heterocycles. The minimum Gasteiger partial charge on any atom is -0.508 e. The number of nitrogens with two attached hydrogens (primary N) is 2. The number of phenols is 1. The van der Waals surface area contributed by atoms with Crippen LogP contribution in [0.25, 0.3) is 14.5 Å². The van der Waals surface area contributed by atoms with Crippen molar-refractivity contribution in [2.45, 2.75) is 77.0 Å². The molecule has 3 heterocycles. The molecule has 0 saturated heterocycles. The van der Waals surface area contributed by atoms with E-state index in [4.69, 9.17) is 86.4 Å². The van der Waals surface area contributed by atoms with E-state index >= 15 is 0 Å². The lowest BCUT2D eigenvalue weighted by Gasteiger charge is -2.08. The number of rotatable bonds is 28. The molecule has 25 heteroatoms. The predicted molar refractivity (Wildman–Crippen MR) is 350 cm³/mol. The van der Waals surface area contributed by atoms with Gasteiger partial charge in [-0.15, -0.1) is 0 Å². The van der Waals surface area contributed by atoms with E-state index in [0.717, 1.165) is 84.8 Å². The summed E-state index contributed by atoms with van der Waals surface area (Å²) in [7, 11) is 0. The summed E-state index contributed by atoms with van der Waals surface area (Å²) in [6, 6.07) is 31.2. The average molecular weight is 1390 g/mol. The molecule has 0 saturated carbocycles. The van der Waals surface area contributed by atoms with Crippen LogP contribution in [0.5, 0.6) is 40.2 Å². The lowest BCUT2D eigenvalue weighted by molar-refractivity contribution is 0.278. The zero-order chi connectivity index (χ0) is 64.2. The van der Waals surface area contributed by atoms with Gasteiger partial charge in [-0.1, -0.05) is 90.6 Å². The normalized spacial score (nSPS) is 9.52. The van der Waals surface area contributed by atoms with Crippen LogP contribution in [0.4, 0.5) is 17.1 Å². The number of halogens is 3. The maximum absolute atomic E-state index is 8.75. The van der Waals surface area contributed by atoms with Gasteiger partial charge in [-0.05, 0) is 131 Å². The lowest BCUT2D eigenvalue weighted by Crippen LogP contribution is -2.15. The number of nitrogens with one attached hydrogen (secondary N) is 2. The van der Waals surface area contributed by atoms with Gasteiger partial charge in [-0.25, -0.2) is 44.4 Å². The smallest absolute Gasteiger partial charge is 0.232 e. The van der Waals surface area contributed by atoms with Crippen molar-refractivity contribution in [2.75, 3.05) is 49.0 Å². The number of unbranched alkanes of at least 4 members (excludes halogenated alkanes) is 8. The number of hydrogen-bond donors (Lipinski definition) is 6. The van der Waals surface area contributed by atoms with E-state index in [1.807, 2.05) is 30.3 Å². The molecule has 4 aromatic carbocycles. The first-order valence-corrected chi connectivity index (χ1v) is 30.9. The van der Waals surface area contributed by atoms with Gasteiger partial charge in [0, 0.05) is 21.6 Å². The SMILES string of the molecule is BrCCCCCBr.N#Cc1ncc(O)cn1.N=C(N)c1ccc(OCCCCCOc2cnc(C(=N)N)nc2)cc1.[C-]#[N+]c1ccc(O)cc1.[C-]#[N+]c1ccc(OCCCCCBr)cc1.[C-]#[N+]c1ccc(OCCCCCOc2cnc(C#N)nc2)cc1. The van der Waals surface area contributed by atoms with E-state index in [-0.39, 0.29) is 40.6 Å². The second kappa shape index (κ2) is 48.7. The van der Waals surface area contributed by atoms with Gasteiger partial charge in [-0.3, -0.25) is 10.8 Å². The molecule has 7 aromatic rings. The van der Waals surface area contributed by atoms with E-state index in [9.17, 15) is 0 Å². The third kappa shape index (κ3) is 36.4. The number of ether oxygens (including phenoxy) is 5. The summed E-state index contributed by atoms with van der Waals surface area (Å²) in [5.74, 6) is 3.97. The Morgan fingerprint density at radius 3 is 1.02 bits per heavy atom. The van der Waals surface area contributed by atoms with Crippen molar-refractivity contribution in [3.05, 3.63) is 192 Å². The Morgan fingerprint density at radius 2 is 0.705 bits per heavy atom. The van der Waals surface area contributed by atoms with Gasteiger partial charge < -0.3 is 45.4 Å². The molecule has 0 unspecified atom stereocenters. The molecule has 7 rings (SSSR count). The number of benzene rings is 4. The summed E-state index contributed by atoms with van der Waals surface area (Å²) in [5.41, 5.74) is 13.2. The molecule has 0 bridgehead atoms. The van der Waals surface area contributed by atoms with Gasteiger partial charge in [0.05, 0.1) is 89.9 Å². The van der Waals surface area contributed by atoms with Crippen LogP contribution < -0.4 is 35.2 Å². The minimum atomic E-state index is -0.164. The standard InChI is InChI=1S/C17H22N6O2.C17H16N4O2.C12H14BrNO.C7H5NO.C5H10Br2.C5H3N3O/c18-15(19)12-4-6-13(7-5-12)24-8-2-1-3-9-25-14-10-22-17(16(20)21)23-11-14;1-19-14-5-7-15(8-6-14)22-9-3-2-4-10-23-16-12-20-17(11-18)21-13-16;1-14-11-5-7-12(8-6-11)15-10-4-2-3-9-13;1-8-6-2-4-7(9)5-3-6;6-4-2-1-3-5-7;6-1-5-7-2-4(9)3-8-5/h4-7,10-11H,1-3,8-9H2,(H3,18,19)(H3,20,21);5-8,12-13H,2-4,9-10H2;5-8H,2-4,9-10H2;2-5,9H;1-5H2;2-3,9H. The highest BCUT2D eigenvalue weighted by Crippen LogP contribution is 2.20. The highest BCUT2D eigenvalue weighted by Gasteiger charge is 2.04. The van der Waals surface area contributed by atoms with E-state index in [1.165, 1.54) is 81.4 Å². The highest BCUT2D eigenvalue weighted by atomic mass is 79.9. The van der Waals surface area contributed by atoms with Gasteiger partial charge >= 0.3 is 0 Å². The molecule has 88 heavy (non-hydrogen) atoms. The topological polar surface area (TPSA) is 324 Å². The summed E-state index contributed by atoms with van der Waals surface area (Å²) < 4.78 is 27.8. The van der Waals surface area contributed by atoms with Crippen molar-refractivity contribution in [1.82, 2.24) is 29.9 Å². The van der Waals surface area contributed by atoms with Gasteiger partial charge in [-0.2, -0.15) is 10.5 Å². The lowest BCUT2D eigenvalue weighted by atomic mass is 10.2. The Morgan fingerprint density at radius 1 is 0.409 bits per heavy atom. The fourth-order valence-electron chi connectivity index (χ4n) is 6.30. The van der Waals surface area contributed by atoms with Crippen molar-refractivity contribution >= 4 is 76.5 Å². The summed E-state index contributed by atoms with van der Waals surface area (Å²) in [6.45, 7) is 23.4. The first-order chi connectivity index (χ1) is 42.8. The molecule has 0 amide bonds. The quantitative estimate of drug-likeness (QED) is 0.00872. The average Bonchev–Trinajstić information content (AvgIpc) is 3.61. The molecular weight excluding hydrogens is 1320 g/mol. The van der Waals surface area contributed by atoms with E-state index in [1.54, 1.807) is 66.7 Å². The molecule has 0 aliphatic heterocycles. The van der Waals surface area contributed by atoms with E-state index < -0.39 is 0 Å². The number of aromatic hydroxyl groups is 2. The maximum Gasteiger partial charge on any atom is 0.232 e. The first-order valence-electron chi connectivity index (χ1n) is 27.5. The number of amidine groups is 2. The zero-order valence-corrected chi connectivity index (χ0v) is 53.2. The van der Waals surface area contributed by atoms with E-state index in [0.29, 0.717) is 60.6 Å². The van der Waals surface area contributed by atoms with E-state index in [2.05, 4.69) is 92.2 Å². The Kier molecular flexibility index (Phi) is 41.4. The molecule has 0 atom stereocenters. The zero-order valence-electron chi connectivity index (χ0n) is 48.5. The molecule has 0 aliphatic carbocycles. The van der Waals surface area contributed by atoms with Crippen LogP contribution in [0, 0.1) is 53.2 Å². The Balaban J connectivity index is 0.000000383. The van der Waals surface area contributed by atoms with Crippen LogP contribution in [0.3, 0.4) is 0 Å². The summed E-state index contributed by atoms with van der Waals surface area (Å²) >= 11 is 10.1. The number of hydrogen-bond acceptors (Lipinski definition) is 17. The third-order valence-electron chi connectivity index (χ3n) is 10.9. The van der Waals surface area contributed by atoms with Gasteiger partial charge in [0.25, 0.3) is 0 Å². The van der Waals surface area contributed by atoms with Crippen molar-refractivity contribution in [2.24, 2.45) is 11.5 Å². The van der Waals surface area contributed by atoms with Crippen molar-refractivity contribution in [3.8, 4) is 52.4 Å². The first kappa shape index (κ1) is 74.6. The molecular formula is C63H70Br3N15O7. The summed E-state index contributed by atoms with van der Waals surface area (Å²) in [5, 5.41) is 52.0. The number of phenolic OH excluding ortho intramolecular Hbond substituents is 1. The Bertz CT molecular complexity index is 3050. The number of nitrogen functional groups attached to an aromatic ring is 2. The van der Waals surface area contributed by atoms with Crippen LogP contribution in [-0.4, -0.2) is 101 Å². The van der Waals surface area contributed by atoms with Crippen LogP contribution in [0.2, 0.25) is 0 Å². The summed E-state index contributed by atoms with van der Waals surface area (Å²) in [4.78, 5) is 32.3. The molecule has 0 aliphatic rings. The van der Waals surface area contributed by atoms with Crippen molar-refractivity contribution in [3.63, 3.8) is 0 Å². The highest BCUT2D eigenvalue weighted by molar-refractivity contribution is 9.09. The predicted octanol–water partition coefficient (Wildman–Crippen LogP) is 14.3. The third-order valence-corrected chi connectivity index (χ3v) is 12.6. The minimum absolute atomic E-state index is 0.0333. The van der Waals surface area contributed by atoms with Crippen LogP contribution in [0.15, 0.2) is 134 Å². The van der Waals surface area contributed by atoms with Gasteiger partial charge in [0.1, 0.15) is 41.0 Å². The van der Waals surface area contributed by atoms with Crippen LogP contribution >= 0.6 is 47.8 Å². The second-order valence-electron chi connectivity index (χ2n) is 17.7. The van der Waals surface area contributed by atoms with Gasteiger partial charge in [0.2, 0.25) is 11.6 Å². The largest absolute Gasteiger partial charge is 0.508 e. The molecule has 22 nitrogen and oxygen atoms in total. The number of nitriles is 2. The van der Waals surface area contributed by atoms with Crippen LogP contribution in [-0.2, 0) is 0 Å². The molecule has 0 fully saturated rings. The van der Waals surface area contributed by atoms with Crippen LogP contribution in [0.1, 0.15) is 100 Å². The van der Waals surface area contributed by atoms with Crippen molar-refractivity contribution < 1.29 is 33.9 Å².